The molecule has 2 aromatic carbocycles. The van der Waals surface area contributed by atoms with E-state index in [1.807, 2.05) is 30.3 Å². The van der Waals surface area contributed by atoms with Gasteiger partial charge in [-0.05, 0) is 43.5 Å². The van der Waals surface area contributed by atoms with Crippen molar-refractivity contribution in [1.82, 2.24) is 16.0 Å². The van der Waals surface area contributed by atoms with Gasteiger partial charge in [-0.25, -0.2) is 4.79 Å². The Labute approximate surface area is 208 Å². The Morgan fingerprint density at radius 3 is 1.94 bits per heavy atom. The molecule has 0 aliphatic heterocycles. The van der Waals surface area contributed by atoms with E-state index in [2.05, 4.69) is 16.0 Å². The standard InChI is InChI=1S/C25H32N4O7/c1-14(22(32)29-21(15(2)30)25(35)36)27-24(34)20(13-17-8-10-18(31)11-9-17)28-23(33)19(26)12-16-6-4-3-5-7-16/h3-11,14-15,19-21,30-31H,12-13,26H2,1-2H3,(H,27,34)(H,28,33)(H,29,32)(H,35,36). The van der Waals surface area contributed by atoms with E-state index in [1.165, 1.54) is 26.0 Å². The molecular weight excluding hydrogens is 468 g/mol. The first-order chi connectivity index (χ1) is 17.0. The van der Waals surface area contributed by atoms with Crippen LogP contribution in [-0.4, -0.2) is 69.3 Å². The molecule has 0 radical (unpaired) electrons. The molecule has 2 aromatic rings. The van der Waals surface area contributed by atoms with Crippen LogP contribution in [0.3, 0.4) is 0 Å². The number of hydrogen-bond acceptors (Lipinski definition) is 7. The number of hydrogen-bond donors (Lipinski definition) is 7. The predicted octanol–water partition coefficient (Wildman–Crippen LogP) is -0.556. The number of aromatic hydroxyl groups is 1. The van der Waals surface area contributed by atoms with Crippen LogP contribution in [0.25, 0.3) is 0 Å². The summed E-state index contributed by atoms with van der Waals surface area (Å²) in [6.07, 6.45) is -1.08. The molecule has 194 valence electrons. The number of carbonyl (C=O) groups is 4. The molecular formula is C25H32N4O7. The number of aliphatic hydroxyl groups excluding tert-OH is 1. The molecule has 0 heterocycles. The number of aliphatic hydroxyl groups is 1. The second-order valence-corrected chi connectivity index (χ2v) is 8.52. The number of phenolic OH excluding ortho intramolecular Hbond substituents is 1. The van der Waals surface area contributed by atoms with Crippen LogP contribution in [0.2, 0.25) is 0 Å². The molecule has 3 amide bonds. The maximum Gasteiger partial charge on any atom is 0.328 e. The molecule has 0 fully saturated rings. The molecule has 2 rings (SSSR count). The molecule has 11 nitrogen and oxygen atoms in total. The lowest BCUT2D eigenvalue weighted by Crippen LogP contribution is -2.58. The molecule has 0 bridgehead atoms. The minimum absolute atomic E-state index is 0.0325. The van der Waals surface area contributed by atoms with Gasteiger partial charge in [0.15, 0.2) is 6.04 Å². The summed E-state index contributed by atoms with van der Waals surface area (Å²) >= 11 is 0. The topological polar surface area (TPSA) is 191 Å². The van der Waals surface area contributed by atoms with Gasteiger partial charge < -0.3 is 37.0 Å². The molecule has 8 N–H and O–H groups in total. The number of phenols is 1. The molecule has 0 aromatic heterocycles. The summed E-state index contributed by atoms with van der Waals surface area (Å²) in [4.78, 5) is 49.5. The number of nitrogens with one attached hydrogen (secondary N) is 3. The van der Waals surface area contributed by atoms with E-state index in [-0.39, 0.29) is 18.6 Å². The zero-order valence-electron chi connectivity index (χ0n) is 20.0. The Balaban J connectivity index is 2.12. The number of carboxylic acid groups (broad SMARTS) is 1. The van der Waals surface area contributed by atoms with E-state index in [4.69, 9.17) is 10.8 Å². The van der Waals surface area contributed by atoms with Crippen LogP contribution >= 0.6 is 0 Å². The van der Waals surface area contributed by atoms with Crippen molar-refractivity contribution >= 4 is 23.7 Å². The first kappa shape index (κ1) is 28.3. The number of nitrogens with two attached hydrogens (primary N) is 1. The van der Waals surface area contributed by atoms with Crippen LogP contribution in [0.1, 0.15) is 25.0 Å². The van der Waals surface area contributed by atoms with Crippen molar-refractivity contribution in [1.29, 1.82) is 0 Å². The minimum Gasteiger partial charge on any atom is -0.508 e. The van der Waals surface area contributed by atoms with Crippen molar-refractivity contribution in [3.63, 3.8) is 0 Å². The van der Waals surface area contributed by atoms with Crippen molar-refractivity contribution < 1.29 is 34.5 Å². The van der Waals surface area contributed by atoms with Gasteiger partial charge in [0.2, 0.25) is 17.7 Å². The summed E-state index contributed by atoms with van der Waals surface area (Å²) in [5, 5.41) is 35.5. The van der Waals surface area contributed by atoms with E-state index in [9.17, 15) is 29.4 Å². The second-order valence-electron chi connectivity index (χ2n) is 8.52. The van der Waals surface area contributed by atoms with Gasteiger partial charge in [-0.2, -0.15) is 0 Å². The fourth-order valence-corrected chi connectivity index (χ4v) is 3.36. The van der Waals surface area contributed by atoms with Gasteiger partial charge in [0.25, 0.3) is 0 Å². The first-order valence-electron chi connectivity index (χ1n) is 11.4. The lowest BCUT2D eigenvalue weighted by molar-refractivity contribution is -0.145. The van der Waals surface area contributed by atoms with Crippen LogP contribution in [0.5, 0.6) is 5.75 Å². The number of carbonyl (C=O) groups excluding carboxylic acids is 3. The average Bonchev–Trinajstić information content (AvgIpc) is 2.83. The molecule has 0 spiro atoms. The van der Waals surface area contributed by atoms with Gasteiger partial charge in [-0.15, -0.1) is 0 Å². The molecule has 0 saturated heterocycles. The van der Waals surface area contributed by atoms with Gasteiger partial charge in [0.05, 0.1) is 12.1 Å². The fourth-order valence-electron chi connectivity index (χ4n) is 3.36. The maximum atomic E-state index is 13.0. The van der Waals surface area contributed by atoms with Crippen LogP contribution in [0.4, 0.5) is 0 Å². The summed E-state index contributed by atoms with van der Waals surface area (Å²) in [6.45, 7) is 2.55. The van der Waals surface area contributed by atoms with E-state index in [0.717, 1.165) is 5.56 Å². The molecule has 11 heteroatoms. The van der Waals surface area contributed by atoms with Gasteiger partial charge >= 0.3 is 5.97 Å². The molecule has 5 unspecified atom stereocenters. The highest BCUT2D eigenvalue weighted by Gasteiger charge is 2.30. The van der Waals surface area contributed by atoms with Crippen LogP contribution in [0, 0.1) is 0 Å². The maximum absolute atomic E-state index is 13.0. The summed E-state index contributed by atoms with van der Waals surface area (Å²) < 4.78 is 0. The lowest BCUT2D eigenvalue weighted by atomic mass is 10.0. The van der Waals surface area contributed by atoms with Crippen LogP contribution in [0.15, 0.2) is 54.6 Å². The lowest BCUT2D eigenvalue weighted by Gasteiger charge is -2.24. The molecule has 0 aliphatic carbocycles. The highest BCUT2D eigenvalue weighted by atomic mass is 16.4. The molecule has 0 aliphatic rings. The van der Waals surface area contributed by atoms with E-state index >= 15 is 0 Å². The van der Waals surface area contributed by atoms with E-state index in [1.54, 1.807) is 12.1 Å². The highest BCUT2D eigenvalue weighted by molar-refractivity contribution is 5.94. The SMILES string of the molecule is CC(NC(=O)C(Cc1ccc(O)cc1)NC(=O)C(N)Cc1ccccc1)C(=O)NC(C(=O)O)C(C)O. The summed E-state index contributed by atoms with van der Waals surface area (Å²) in [6, 6.07) is 10.4. The van der Waals surface area contributed by atoms with Gasteiger partial charge in [-0.3, -0.25) is 14.4 Å². The Morgan fingerprint density at radius 1 is 0.806 bits per heavy atom. The van der Waals surface area contributed by atoms with Crippen LogP contribution < -0.4 is 21.7 Å². The van der Waals surface area contributed by atoms with Gasteiger partial charge in [0.1, 0.15) is 17.8 Å². The normalized spacial score (nSPS) is 15.0. The number of benzene rings is 2. The zero-order chi connectivity index (χ0) is 26.8. The van der Waals surface area contributed by atoms with Crippen molar-refractivity contribution in [2.24, 2.45) is 5.73 Å². The first-order valence-corrected chi connectivity index (χ1v) is 11.4. The molecule has 36 heavy (non-hydrogen) atoms. The minimum atomic E-state index is -1.56. The highest BCUT2D eigenvalue weighted by Crippen LogP contribution is 2.12. The van der Waals surface area contributed by atoms with E-state index < -0.39 is 54.0 Å². The third-order valence-electron chi connectivity index (χ3n) is 5.44. The van der Waals surface area contributed by atoms with Gasteiger partial charge in [0, 0.05) is 6.42 Å². The quantitative estimate of drug-likeness (QED) is 0.202. The third-order valence-corrected chi connectivity index (χ3v) is 5.44. The van der Waals surface area contributed by atoms with Crippen molar-refractivity contribution in [2.75, 3.05) is 0 Å². The predicted molar refractivity (Wildman–Crippen MR) is 131 cm³/mol. The monoisotopic (exact) mass is 500 g/mol. The average molecular weight is 501 g/mol. The Bertz CT molecular complexity index is 1040. The Morgan fingerprint density at radius 2 is 1.39 bits per heavy atom. The largest absolute Gasteiger partial charge is 0.508 e. The van der Waals surface area contributed by atoms with Crippen molar-refractivity contribution in [3.8, 4) is 5.75 Å². The number of aliphatic carboxylic acids is 1. The summed E-state index contributed by atoms with van der Waals surface area (Å²) in [7, 11) is 0. The smallest absolute Gasteiger partial charge is 0.328 e. The van der Waals surface area contributed by atoms with E-state index in [0.29, 0.717) is 5.56 Å². The molecule has 5 atom stereocenters. The fraction of sp³-hybridized carbons (Fsp3) is 0.360. The summed E-state index contributed by atoms with van der Waals surface area (Å²) in [5.74, 6) is -3.50. The number of amides is 3. The third kappa shape index (κ3) is 8.67. The Hall–Kier alpha value is -3.96. The summed E-state index contributed by atoms with van der Waals surface area (Å²) in [5.41, 5.74) is 7.52. The van der Waals surface area contributed by atoms with Crippen molar-refractivity contribution in [3.05, 3.63) is 65.7 Å². The second kappa shape index (κ2) is 13.2. The van der Waals surface area contributed by atoms with Crippen LogP contribution in [-0.2, 0) is 32.0 Å². The number of carboxylic acids is 1. The van der Waals surface area contributed by atoms with Crippen molar-refractivity contribution in [2.45, 2.75) is 57.0 Å². The molecule has 0 saturated carbocycles. The zero-order valence-corrected chi connectivity index (χ0v) is 20.0. The number of rotatable bonds is 12. The Kier molecular flexibility index (Phi) is 10.4. The van der Waals surface area contributed by atoms with Gasteiger partial charge in [-0.1, -0.05) is 42.5 Å².